The number of hydrogen-bond donors (Lipinski definition) is 1. The fraction of sp³-hybridized carbons (Fsp3) is 0.917. The van der Waals surface area contributed by atoms with Crippen LogP contribution in [0.3, 0.4) is 0 Å². The van der Waals surface area contributed by atoms with E-state index in [1.807, 2.05) is 0 Å². The summed E-state index contributed by atoms with van der Waals surface area (Å²) in [7, 11) is -1.18. The van der Waals surface area contributed by atoms with E-state index in [4.69, 9.17) is 5.11 Å². The molecule has 2 rings (SSSR count). The van der Waals surface area contributed by atoms with E-state index in [1.165, 1.54) is 25.7 Å². The van der Waals surface area contributed by atoms with Crippen molar-refractivity contribution in [2.24, 2.45) is 17.8 Å². The molecule has 2 aliphatic carbocycles. The Morgan fingerprint density at radius 2 is 2.19 bits per heavy atom. The van der Waals surface area contributed by atoms with E-state index in [0.717, 1.165) is 11.8 Å². The number of rotatable bonds is 5. The summed E-state index contributed by atoms with van der Waals surface area (Å²) in [6.07, 6.45) is 5.57. The van der Waals surface area contributed by atoms with Crippen molar-refractivity contribution in [1.29, 1.82) is 0 Å². The van der Waals surface area contributed by atoms with Crippen LogP contribution in [0.5, 0.6) is 0 Å². The molecule has 2 bridgehead atoms. The summed E-state index contributed by atoms with van der Waals surface area (Å²) in [4.78, 5) is 10.9. The molecule has 2 saturated carbocycles. The third kappa shape index (κ3) is 2.31. The maximum absolute atomic E-state index is 12.0. The van der Waals surface area contributed by atoms with Gasteiger partial charge >= 0.3 is 5.97 Å². The third-order valence-electron chi connectivity index (χ3n) is 4.23. The van der Waals surface area contributed by atoms with Crippen LogP contribution in [-0.2, 0) is 15.6 Å². The van der Waals surface area contributed by atoms with E-state index in [-0.39, 0.29) is 0 Å². The molecule has 0 spiro atoms. The summed E-state index contributed by atoms with van der Waals surface area (Å²) in [5, 5.41) is 8.30. The first kappa shape index (κ1) is 12.1. The SMILES string of the molecule is CCC(C(=O)O)S(=O)CC1CC2CCC1C2. The van der Waals surface area contributed by atoms with Gasteiger partial charge in [0.1, 0.15) is 5.25 Å². The molecule has 0 aromatic carbocycles. The van der Waals surface area contributed by atoms with Gasteiger partial charge in [-0.2, -0.15) is 0 Å². The van der Waals surface area contributed by atoms with Crippen LogP contribution >= 0.6 is 0 Å². The van der Waals surface area contributed by atoms with Gasteiger partial charge in [0.2, 0.25) is 0 Å². The molecule has 3 nitrogen and oxygen atoms in total. The van der Waals surface area contributed by atoms with Crippen LogP contribution in [-0.4, -0.2) is 26.3 Å². The predicted octanol–water partition coefficient (Wildman–Crippen LogP) is 2.03. The summed E-state index contributed by atoms with van der Waals surface area (Å²) in [6.45, 7) is 1.80. The number of hydrogen-bond acceptors (Lipinski definition) is 2. The molecule has 92 valence electrons. The normalized spacial score (nSPS) is 36.2. The molecule has 0 aliphatic heterocycles. The Morgan fingerprint density at radius 3 is 2.62 bits per heavy atom. The highest BCUT2D eigenvalue weighted by molar-refractivity contribution is 7.86. The highest BCUT2D eigenvalue weighted by Gasteiger charge is 2.41. The lowest BCUT2D eigenvalue weighted by Gasteiger charge is -2.22. The van der Waals surface area contributed by atoms with E-state index in [2.05, 4.69) is 0 Å². The zero-order valence-corrected chi connectivity index (χ0v) is 10.5. The summed E-state index contributed by atoms with van der Waals surface area (Å²) >= 11 is 0. The second kappa shape index (κ2) is 4.86. The fourth-order valence-corrected chi connectivity index (χ4v) is 5.04. The van der Waals surface area contributed by atoms with Crippen molar-refractivity contribution in [2.75, 3.05) is 5.75 Å². The predicted molar refractivity (Wildman–Crippen MR) is 63.7 cm³/mol. The van der Waals surface area contributed by atoms with Crippen molar-refractivity contribution in [1.82, 2.24) is 0 Å². The monoisotopic (exact) mass is 244 g/mol. The molecule has 0 amide bonds. The Balaban J connectivity index is 1.89. The van der Waals surface area contributed by atoms with Crippen LogP contribution in [0.4, 0.5) is 0 Å². The van der Waals surface area contributed by atoms with E-state index in [1.54, 1.807) is 6.92 Å². The van der Waals surface area contributed by atoms with Crippen molar-refractivity contribution in [3.8, 4) is 0 Å². The second-order valence-electron chi connectivity index (χ2n) is 5.22. The van der Waals surface area contributed by atoms with Gasteiger partial charge in [-0.3, -0.25) is 9.00 Å². The molecule has 2 fully saturated rings. The number of carbonyl (C=O) groups is 1. The van der Waals surface area contributed by atoms with Gasteiger partial charge in [-0.1, -0.05) is 13.3 Å². The Hall–Kier alpha value is -0.380. The minimum Gasteiger partial charge on any atom is -0.480 e. The van der Waals surface area contributed by atoms with Crippen molar-refractivity contribution in [3.63, 3.8) is 0 Å². The lowest BCUT2D eigenvalue weighted by Crippen LogP contribution is -2.30. The molecule has 4 heteroatoms. The first-order chi connectivity index (χ1) is 7.61. The second-order valence-corrected chi connectivity index (χ2v) is 6.88. The molecular weight excluding hydrogens is 224 g/mol. The van der Waals surface area contributed by atoms with Crippen LogP contribution in [0.2, 0.25) is 0 Å². The number of carboxylic acid groups (broad SMARTS) is 1. The van der Waals surface area contributed by atoms with Crippen LogP contribution < -0.4 is 0 Å². The molecule has 5 unspecified atom stereocenters. The Bertz CT molecular complexity index is 303. The summed E-state index contributed by atoms with van der Waals surface area (Å²) in [5.41, 5.74) is 0. The molecule has 0 heterocycles. The molecule has 0 saturated heterocycles. The van der Waals surface area contributed by atoms with Gasteiger partial charge in [-0.25, -0.2) is 0 Å². The Kier molecular flexibility index (Phi) is 3.67. The van der Waals surface area contributed by atoms with Crippen molar-refractivity contribution in [3.05, 3.63) is 0 Å². The van der Waals surface area contributed by atoms with E-state index >= 15 is 0 Å². The number of carboxylic acids is 1. The molecule has 0 radical (unpaired) electrons. The van der Waals surface area contributed by atoms with Gasteiger partial charge in [0, 0.05) is 16.6 Å². The zero-order chi connectivity index (χ0) is 11.7. The van der Waals surface area contributed by atoms with Gasteiger partial charge in [-0.15, -0.1) is 0 Å². The van der Waals surface area contributed by atoms with Crippen molar-refractivity contribution >= 4 is 16.8 Å². The molecule has 0 aromatic rings. The lowest BCUT2D eigenvalue weighted by atomic mass is 9.90. The van der Waals surface area contributed by atoms with E-state index in [0.29, 0.717) is 18.1 Å². The molecule has 0 aromatic heterocycles. The largest absolute Gasteiger partial charge is 0.480 e. The van der Waals surface area contributed by atoms with Gasteiger partial charge < -0.3 is 5.11 Å². The first-order valence-electron chi connectivity index (χ1n) is 6.21. The summed E-state index contributed by atoms with van der Waals surface area (Å²) < 4.78 is 12.0. The quantitative estimate of drug-likeness (QED) is 0.805. The summed E-state index contributed by atoms with van der Waals surface area (Å²) in [5.74, 6) is 1.83. The van der Waals surface area contributed by atoms with Crippen LogP contribution in [0.1, 0.15) is 39.0 Å². The van der Waals surface area contributed by atoms with Gasteiger partial charge in [0.05, 0.1) is 0 Å². The minimum absolute atomic E-state index is 0.475. The lowest BCUT2D eigenvalue weighted by molar-refractivity contribution is -0.136. The average Bonchev–Trinajstić information content (AvgIpc) is 2.79. The highest BCUT2D eigenvalue weighted by atomic mass is 32.2. The molecule has 5 atom stereocenters. The van der Waals surface area contributed by atoms with Crippen molar-refractivity contribution < 1.29 is 14.1 Å². The van der Waals surface area contributed by atoms with E-state index in [9.17, 15) is 9.00 Å². The highest BCUT2D eigenvalue weighted by Crippen LogP contribution is 2.48. The zero-order valence-electron chi connectivity index (χ0n) is 9.72. The van der Waals surface area contributed by atoms with Crippen LogP contribution in [0.25, 0.3) is 0 Å². The minimum atomic E-state index is -1.18. The smallest absolute Gasteiger partial charge is 0.319 e. The molecule has 2 aliphatic rings. The molecular formula is C12H20O3S. The fourth-order valence-electron chi connectivity index (χ4n) is 3.38. The number of aliphatic carboxylic acids is 1. The van der Waals surface area contributed by atoms with Gasteiger partial charge in [0.15, 0.2) is 0 Å². The maximum Gasteiger partial charge on any atom is 0.319 e. The standard InChI is InChI=1S/C12H20O3S/c1-2-11(12(13)14)16(15)7-10-6-8-3-4-9(10)5-8/h8-11H,2-7H2,1H3,(H,13,14). The Labute approximate surface area is 99.1 Å². The summed E-state index contributed by atoms with van der Waals surface area (Å²) in [6, 6.07) is 0. The third-order valence-corrected chi connectivity index (χ3v) is 6.15. The average molecular weight is 244 g/mol. The maximum atomic E-state index is 12.0. The molecule has 1 N–H and O–H groups in total. The van der Waals surface area contributed by atoms with Crippen molar-refractivity contribution in [2.45, 2.75) is 44.3 Å². The van der Waals surface area contributed by atoms with E-state index < -0.39 is 22.0 Å². The van der Waals surface area contributed by atoms with Crippen LogP contribution in [0, 0.1) is 17.8 Å². The Morgan fingerprint density at radius 1 is 1.44 bits per heavy atom. The van der Waals surface area contributed by atoms with Crippen LogP contribution in [0.15, 0.2) is 0 Å². The first-order valence-corrected chi connectivity index (χ1v) is 7.60. The molecule has 16 heavy (non-hydrogen) atoms. The van der Waals surface area contributed by atoms with Gasteiger partial charge in [0.25, 0.3) is 0 Å². The topological polar surface area (TPSA) is 54.4 Å². The number of fused-ring (bicyclic) bond motifs is 2. The van der Waals surface area contributed by atoms with Gasteiger partial charge in [-0.05, 0) is 43.4 Å².